The van der Waals surface area contributed by atoms with Crippen LogP contribution >= 0.6 is 0 Å². The topological polar surface area (TPSA) is 58.4 Å². The number of primary amides is 1. The number of rotatable bonds is 6. The molecule has 1 unspecified atom stereocenters. The Morgan fingerprint density at radius 3 is 2.63 bits per heavy atom. The van der Waals surface area contributed by atoms with Gasteiger partial charge in [-0.05, 0) is 57.7 Å². The lowest BCUT2D eigenvalue weighted by Crippen LogP contribution is -2.59. The summed E-state index contributed by atoms with van der Waals surface area (Å²) in [5, 5.41) is 3.32. The van der Waals surface area contributed by atoms with Gasteiger partial charge in [-0.3, -0.25) is 4.79 Å². The van der Waals surface area contributed by atoms with Crippen molar-refractivity contribution in [3.05, 3.63) is 0 Å². The van der Waals surface area contributed by atoms with Crippen molar-refractivity contribution in [3.63, 3.8) is 0 Å². The molecule has 1 amide bonds. The maximum absolute atomic E-state index is 11.7. The second-order valence-electron chi connectivity index (χ2n) is 6.92. The number of hydrogen-bond donors (Lipinski definition) is 2. The maximum Gasteiger partial charge on any atom is 0.238 e. The fourth-order valence-corrected chi connectivity index (χ4v) is 2.71. The Balaban J connectivity index is 2.61. The summed E-state index contributed by atoms with van der Waals surface area (Å²) in [5.41, 5.74) is 5.41. The van der Waals surface area contributed by atoms with E-state index in [4.69, 9.17) is 5.73 Å². The number of hydrogen-bond acceptors (Lipinski definition) is 3. The first-order valence-electron chi connectivity index (χ1n) is 7.56. The van der Waals surface area contributed by atoms with Gasteiger partial charge in [0.1, 0.15) is 5.54 Å². The largest absolute Gasteiger partial charge is 0.368 e. The van der Waals surface area contributed by atoms with Gasteiger partial charge in [-0.25, -0.2) is 0 Å². The SMILES string of the molecule is CCCNC(C)(CN1CCCC(C)(C)CC1)C(N)=O. The summed E-state index contributed by atoms with van der Waals surface area (Å²) in [5.74, 6) is -0.246. The van der Waals surface area contributed by atoms with Crippen LogP contribution in [0, 0.1) is 5.41 Å². The molecule has 0 bridgehead atoms. The van der Waals surface area contributed by atoms with Crippen LogP contribution in [0.1, 0.15) is 53.4 Å². The number of carbonyl (C=O) groups excluding carboxylic acids is 1. The van der Waals surface area contributed by atoms with Crippen LogP contribution in [-0.2, 0) is 4.79 Å². The molecule has 1 heterocycles. The highest BCUT2D eigenvalue weighted by atomic mass is 16.1. The van der Waals surface area contributed by atoms with Crippen molar-refractivity contribution < 1.29 is 4.79 Å². The van der Waals surface area contributed by atoms with Gasteiger partial charge >= 0.3 is 0 Å². The molecule has 1 atom stereocenters. The molecule has 0 spiro atoms. The molecule has 3 N–H and O–H groups in total. The zero-order valence-electron chi connectivity index (χ0n) is 13.1. The van der Waals surface area contributed by atoms with E-state index in [1.54, 1.807) is 0 Å². The molecule has 4 heteroatoms. The van der Waals surface area contributed by atoms with Crippen molar-refractivity contribution in [3.8, 4) is 0 Å². The zero-order valence-corrected chi connectivity index (χ0v) is 13.1. The molecular formula is C15H31N3O. The fourth-order valence-electron chi connectivity index (χ4n) is 2.71. The Morgan fingerprint density at radius 2 is 2.05 bits per heavy atom. The van der Waals surface area contributed by atoms with E-state index in [-0.39, 0.29) is 5.91 Å². The quantitative estimate of drug-likeness (QED) is 0.772. The van der Waals surface area contributed by atoms with Crippen LogP contribution in [0.2, 0.25) is 0 Å². The average Bonchev–Trinajstić information content (AvgIpc) is 2.48. The molecule has 19 heavy (non-hydrogen) atoms. The van der Waals surface area contributed by atoms with E-state index in [2.05, 4.69) is 31.0 Å². The predicted octanol–water partition coefficient (Wildman–Crippen LogP) is 1.74. The summed E-state index contributed by atoms with van der Waals surface area (Å²) in [6.45, 7) is 12.4. The molecule has 1 aliphatic rings. The Bertz CT molecular complexity index is 304. The summed E-state index contributed by atoms with van der Waals surface area (Å²) in [6.07, 6.45) is 4.67. The van der Waals surface area contributed by atoms with Gasteiger partial charge in [0.15, 0.2) is 0 Å². The molecule has 0 aromatic heterocycles. The number of nitrogens with one attached hydrogen (secondary N) is 1. The molecule has 112 valence electrons. The molecule has 4 nitrogen and oxygen atoms in total. The summed E-state index contributed by atoms with van der Waals surface area (Å²) in [7, 11) is 0. The average molecular weight is 269 g/mol. The number of nitrogens with two attached hydrogens (primary N) is 1. The normalized spacial score (nSPS) is 23.6. The summed E-state index contributed by atoms with van der Waals surface area (Å²) in [4.78, 5) is 14.1. The number of nitrogens with zero attached hydrogens (tertiary/aromatic N) is 1. The van der Waals surface area contributed by atoms with Crippen LogP contribution in [0.5, 0.6) is 0 Å². The highest BCUT2D eigenvalue weighted by Crippen LogP contribution is 2.30. The van der Waals surface area contributed by atoms with Crippen molar-refractivity contribution >= 4 is 5.91 Å². The third-order valence-electron chi connectivity index (χ3n) is 4.28. The van der Waals surface area contributed by atoms with E-state index in [9.17, 15) is 4.79 Å². The minimum atomic E-state index is -0.607. The van der Waals surface area contributed by atoms with Crippen molar-refractivity contribution in [2.24, 2.45) is 11.1 Å². The molecule has 1 fully saturated rings. The second-order valence-corrected chi connectivity index (χ2v) is 6.92. The van der Waals surface area contributed by atoms with E-state index in [1.165, 1.54) is 19.3 Å². The van der Waals surface area contributed by atoms with E-state index < -0.39 is 5.54 Å². The van der Waals surface area contributed by atoms with Crippen LogP contribution < -0.4 is 11.1 Å². The number of carbonyl (C=O) groups is 1. The van der Waals surface area contributed by atoms with Crippen molar-refractivity contribution in [2.75, 3.05) is 26.2 Å². The van der Waals surface area contributed by atoms with Crippen LogP contribution in [0.25, 0.3) is 0 Å². The Hall–Kier alpha value is -0.610. The van der Waals surface area contributed by atoms with Gasteiger partial charge in [-0.1, -0.05) is 20.8 Å². The summed E-state index contributed by atoms with van der Waals surface area (Å²) in [6, 6.07) is 0. The summed E-state index contributed by atoms with van der Waals surface area (Å²) < 4.78 is 0. The van der Waals surface area contributed by atoms with Crippen LogP contribution in [0.3, 0.4) is 0 Å². The van der Waals surface area contributed by atoms with Crippen molar-refractivity contribution in [1.82, 2.24) is 10.2 Å². The molecule has 1 rings (SSSR count). The Morgan fingerprint density at radius 1 is 1.37 bits per heavy atom. The van der Waals surface area contributed by atoms with Gasteiger partial charge in [0.25, 0.3) is 0 Å². The maximum atomic E-state index is 11.7. The van der Waals surface area contributed by atoms with E-state index in [1.807, 2.05) is 6.92 Å². The molecule has 1 aliphatic heterocycles. The summed E-state index contributed by atoms with van der Waals surface area (Å²) >= 11 is 0. The van der Waals surface area contributed by atoms with Crippen LogP contribution in [-0.4, -0.2) is 42.5 Å². The Labute approximate surface area is 118 Å². The number of likely N-dealkylation sites (tertiary alicyclic amines) is 1. The third kappa shape index (κ3) is 5.11. The minimum Gasteiger partial charge on any atom is -0.368 e. The standard InChI is InChI=1S/C15H31N3O/c1-5-9-17-15(4,13(16)19)12-18-10-6-7-14(2,3)8-11-18/h17H,5-12H2,1-4H3,(H2,16,19). The lowest BCUT2D eigenvalue weighted by molar-refractivity contribution is -0.124. The van der Waals surface area contributed by atoms with Gasteiger partial charge in [-0.2, -0.15) is 0 Å². The molecular weight excluding hydrogens is 238 g/mol. The van der Waals surface area contributed by atoms with Gasteiger partial charge < -0.3 is 16.0 Å². The first kappa shape index (κ1) is 16.4. The van der Waals surface area contributed by atoms with Crippen LogP contribution in [0.4, 0.5) is 0 Å². The molecule has 1 saturated heterocycles. The molecule has 0 saturated carbocycles. The molecule has 0 aromatic rings. The van der Waals surface area contributed by atoms with Crippen molar-refractivity contribution in [2.45, 2.75) is 58.9 Å². The van der Waals surface area contributed by atoms with Gasteiger partial charge in [-0.15, -0.1) is 0 Å². The lowest BCUT2D eigenvalue weighted by atomic mass is 9.85. The highest BCUT2D eigenvalue weighted by Gasteiger charge is 2.34. The first-order chi connectivity index (χ1) is 8.79. The Kier molecular flexibility index (Phi) is 5.81. The molecule has 0 aliphatic carbocycles. The van der Waals surface area contributed by atoms with E-state index in [0.29, 0.717) is 5.41 Å². The number of amides is 1. The van der Waals surface area contributed by atoms with Gasteiger partial charge in [0, 0.05) is 6.54 Å². The second kappa shape index (κ2) is 6.71. The fraction of sp³-hybridized carbons (Fsp3) is 0.933. The molecule has 0 aromatic carbocycles. The minimum absolute atomic E-state index is 0.246. The third-order valence-corrected chi connectivity index (χ3v) is 4.28. The monoisotopic (exact) mass is 269 g/mol. The lowest BCUT2D eigenvalue weighted by Gasteiger charge is -2.33. The van der Waals surface area contributed by atoms with Crippen LogP contribution in [0.15, 0.2) is 0 Å². The first-order valence-corrected chi connectivity index (χ1v) is 7.56. The molecule has 0 radical (unpaired) electrons. The highest BCUT2D eigenvalue weighted by molar-refractivity contribution is 5.84. The van der Waals surface area contributed by atoms with Crippen molar-refractivity contribution in [1.29, 1.82) is 0 Å². The predicted molar refractivity (Wildman–Crippen MR) is 80.0 cm³/mol. The van der Waals surface area contributed by atoms with E-state index >= 15 is 0 Å². The van der Waals surface area contributed by atoms with Gasteiger partial charge in [0.05, 0.1) is 0 Å². The smallest absolute Gasteiger partial charge is 0.238 e. The van der Waals surface area contributed by atoms with Gasteiger partial charge in [0.2, 0.25) is 5.91 Å². The zero-order chi connectivity index (χ0) is 14.5. The van der Waals surface area contributed by atoms with E-state index in [0.717, 1.165) is 32.6 Å².